The van der Waals surface area contributed by atoms with Crippen molar-refractivity contribution in [1.82, 2.24) is 5.32 Å². The summed E-state index contributed by atoms with van der Waals surface area (Å²) in [6.45, 7) is 4.13. The Morgan fingerprint density at radius 2 is 2.00 bits per heavy atom. The summed E-state index contributed by atoms with van der Waals surface area (Å²) in [4.78, 5) is 0. The Balaban J connectivity index is 2.07. The van der Waals surface area contributed by atoms with Crippen LogP contribution in [0.5, 0.6) is 0 Å². The van der Waals surface area contributed by atoms with Gasteiger partial charge in [-0.05, 0) is 31.2 Å². The molecule has 82 valence electrons. The van der Waals surface area contributed by atoms with Gasteiger partial charge >= 0.3 is 0 Å². The molecule has 1 aliphatic carbocycles. The van der Waals surface area contributed by atoms with Crippen molar-refractivity contribution in [3.05, 3.63) is 10.6 Å². The molecule has 0 atom stereocenters. The average Bonchev–Trinajstić information content (AvgIpc) is 2.21. The fraction of sp³-hybridized carbons (Fsp3) is 0.818. The first-order valence-electron chi connectivity index (χ1n) is 5.38. The molecule has 0 saturated heterocycles. The highest BCUT2D eigenvalue weighted by atomic mass is 35.5. The minimum Gasteiger partial charge on any atom is -0.311 e. The minimum absolute atomic E-state index is 0.691. The van der Waals surface area contributed by atoms with Crippen LogP contribution in [-0.4, -0.2) is 13.1 Å². The van der Waals surface area contributed by atoms with Crippen LogP contribution in [0.4, 0.5) is 0 Å². The Kier molecular flexibility index (Phi) is 5.92. The van der Waals surface area contributed by atoms with E-state index in [1.54, 1.807) is 0 Å². The van der Waals surface area contributed by atoms with Gasteiger partial charge in [0.15, 0.2) is 0 Å². The third kappa shape index (κ3) is 4.68. The van der Waals surface area contributed by atoms with Crippen LogP contribution < -0.4 is 5.32 Å². The molecule has 0 aliphatic heterocycles. The Bertz CT molecular complexity index is 184. The summed E-state index contributed by atoms with van der Waals surface area (Å²) in [6, 6.07) is 0. The van der Waals surface area contributed by atoms with Crippen molar-refractivity contribution in [2.24, 2.45) is 11.8 Å². The number of hydrogen-bond donors (Lipinski definition) is 1. The summed E-state index contributed by atoms with van der Waals surface area (Å²) in [6.07, 6.45) is 5.48. The molecular formula is C11H19Cl2N. The molecule has 0 aromatic carbocycles. The number of halogens is 2. The SMILES string of the molecule is CC1CCC(CNCC(Cl)=CCl)CC1. The van der Waals surface area contributed by atoms with E-state index in [0.717, 1.165) is 18.4 Å². The Morgan fingerprint density at radius 1 is 1.36 bits per heavy atom. The quantitative estimate of drug-likeness (QED) is 0.784. The van der Waals surface area contributed by atoms with E-state index < -0.39 is 0 Å². The van der Waals surface area contributed by atoms with Crippen LogP contribution in [-0.2, 0) is 0 Å². The molecule has 1 rings (SSSR count). The second-order valence-electron chi connectivity index (χ2n) is 4.31. The van der Waals surface area contributed by atoms with Gasteiger partial charge in [-0.15, -0.1) is 0 Å². The highest BCUT2D eigenvalue weighted by molar-refractivity contribution is 6.36. The van der Waals surface area contributed by atoms with Crippen molar-refractivity contribution >= 4 is 23.2 Å². The van der Waals surface area contributed by atoms with E-state index in [4.69, 9.17) is 23.2 Å². The van der Waals surface area contributed by atoms with Crippen LogP contribution in [0.1, 0.15) is 32.6 Å². The van der Waals surface area contributed by atoms with Gasteiger partial charge in [0, 0.05) is 17.1 Å². The summed E-state index contributed by atoms with van der Waals surface area (Å²) >= 11 is 11.2. The van der Waals surface area contributed by atoms with Crippen LogP contribution in [0.2, 0.25) is 0 Å². The van der Waals surface area contributed by atoms with Gasteiger partial charge in [-0.1, -0.05) is 43.0 Å². The predicted octanol–water partition coefficient (Wildman–Crippen LogP) is 3.72. The maximum atomic E-state index is 5.77. The minimum atomic E-state index is 0.691. The third-order valence-electron chi connectivity index (χ3n) is 2.98. The largest absolute Gasteiger partial charge is 0.311 e. The van der Waals surface area contributed by atoms with Crippen molar-refractivity contribution in [1.29, 1.82) is 0 Å². The average molecular weight is 236 g/mol. The zero-order chi connectivity index (χ0) is 10.4. The van der Waals surface area contributed by atoms with Crippen LogP contribution in [0, 0.1) is 11.8 Å². The molecule has 1 fully saturated rings. The van der Waals surface area contributed by atoms with Gasteiger partial charge in [-0.3, -0.25) is 0 Å². The lowest BCUT2D eigenvalue weighted by Gasteiger charge is -2.26. The molecule has 1 nitrogen and oxygen atoms in total. The molecule has 0 heterocycles. The Labute approximate surface area is 96.8 Å². The maximum absolute atomic E-state index is 5.77. The lowest BCUT2D eigenvalue weighted by atomic mass is 9.83. The lowest BCUT2D eigenvalue weighted by Crippen LogP contribution is -2.26. The molecule has 0 bridgehead atoms. The summed E-state index contributed by atoms with van der Waals surface area (Å²) in [5, 5.41) is 4.03. The number of nitrogens with one attached hydrogen (secondary N) is 1. The first-order chi connectivity index (χ1) is 6.72. The summed E-state index contributed by atoms with van der Waals surface area (Å²) in [5.74, 6) is 1.77. The molecule has 0 aromatic heterocycles. The summed E-state index contributed by atoms with van der Waals surface area (Å²) < 4.78 is 0. The molecule has 14 heavy (non-hydrogen) atoms. The predicted molar refractivity (Wildman–Crippen MR) is 63.8 cm³/mol. The standard InChI is InChI=1S/C11H19Cl2N/c1-9-2-4-10(5-3-9)7-14-8-11(13)6-12/h6,9-10,14H,2-5,7-8H2,1H3. The van der Waals surface area contributed by atoms with Crippen LogP contribution >= 0.6 is 23.2 Å². The van der Waals surface area contributed by atoms with E-state index in [2.05, 4.69) is 12.2 Å². The second kappa shape index (κ2) is 6.71. The monoisotopic (exact) mass is 235 g/mol. The normalized spacial score (nSPS) is 29.2. The molecule has 1 aliphatic rings. The van der Waals surface area contributed by atoms with Crippen LogP contribution in [0.3, 0.4) is 0 Å². The number of rotatable bonds is 4. The molecule has 0 unspecified atom stereocenters. The highest BCUT2D eigenvalue weighted by Crippen LogP contribution is 2.27. The van der Waals surface area contributed by atoms with Crippen LogP contribution in [0.15, 0.2) is 10.6 Å². The molecule has 0 aromatic rings. The molecular weight excluding hydrogens is 217 g/mol. The van der Waals surface area contributed by atoms with Crippen LogP contribution in [0.25, 0.3) is 0 Å². The summed E-state index contributed by atoms with van der Waals surface area (Å²) in [5.41, 5.74) is 1.43. The van der Waals surface area contributed by atoms with Crippen molar-refractivity contribution in [3.63, 3.8) is 0 Å². The fourth-order valence-electron chi connectivity index (χ4n) is 1.97. The Hall–Kier alpha value is 0.280. The molecule has 0 amide bonds. The van der Waals surface area contributed by atoms with E-state index >= 15 is 0 Å². The van der Waals surface area contributed by atoms with Gasteiger partial charge in [-0.25, -0.2) is 0 Å². The molecule has 0 radical (unpaired) electrons. The van der Waals surface area contributed by atoms with Gasteiger partial charge < -0.3 is 5.32 Å². The van der Waals surface area contributed by atoms with E-state index in [0.29, 0.717) is 11.6 Å². The first kappa shape index (κ1) is 12.4. The topological polar surface area (TPSA) is 12.0 Å². The van der Waals surface area contributed by atoms with Crippen molar-refractivity contribution in [3.8, 4) is 0 Å². The molecule has 1 N–H and O–H groups in total. The van der Waals surface area contributed by atoms with Crippen molar-refractivity contribution in [2.75, 3.05) is 13.1 Å². The molecule has 0 spiro atoms. The van der Waals surface area contributed by atoms with Gasteiger partial charge in [0.25, 0.3) is 0 Å². The van der Waals surface area contributed by atoms with Crippen molar-refractivity contribution in [2.45, 2.75) is 32.6 Å². The lowest BCUT2D eigenvalue weighted by molar-refractivity contribution is 0.284. The zero-order valence-electron chi connectivity index (χ0n) is 8.73. The van der Waals surface area contributed by atoms with E-state index in [9.17, 15) is 0 Å². The third-order valence-corrected chi connectivity index (χ3v) is 3.60. The smallest absolute Gasteiger partial charge is 0.0431 e. The molecule has 1 saturated carbocycles. The van der Waals surface area contributed by atoms with E-state index in [1.807, 2.05) is 0 Å². The van der Waals surface area contributed by atoms with Gasteiger partial charge in [0.2, 0.25) is 0 Å². The van der Waals surface area contributed by atoms with Crippen molar-refractivity contribution < 1.29 is 0 Å². The summed E-state index contributed by atoms with van der Waals surface area (Å²) in [7, 11) is 0. The Morgan fingerprint density at radius 3 is 2.57 bits per heavy atom. The van der Waals surface area contributed by atoms with E-state index in [-0.39, 0.29) is 0 Å². The number of hydrogen-bond acceptors (Lipinski definition) is 1. The second-order valence-corrected chi connectivity index (χ2v) is 5.02. The van der Waals surface area contributed by atoms with Gasteiger partial charge in [-0.2, -0.15) is 0 Å². The first-order valence-corrected chi connectivity index (χ1v) is 6.19. The van der Waals surface area contributed by atoms with E-state index in [1.165, 1.54) is 31.2 Å². The highest BCUT2D eigenvalue weighted by Gasteiger charge is 2.17. The maximum Gasteiger partial charge on any atom is 0.0431 e. The zero-order valence-corrected chi connectivity index (χ0v) is 10.2. The molecule has 3 heteroatoms. The fourth-order valence-corrected chi connectivity index (χ4v) is 2.14. The van der Waals surface area contributed by atoms with Gasteiger partial charge in [0.05, 0.1) is 0 Å². The van der Waals surface area contributed by atoms with Gasteiger partial charge in [0.1, 0.15) is 0 Å².